The summed E-state index contributed by atoms with van der Waals surface area (Å²) in [5, 5.41) is 3.77. The van der Waals surface area contributed by atoms with E-state index in [0.717, 1.165) is 13.2 Å². The molecule has 3 nitrogen and oxygen atoms in total. The Morgan fingerprint density at radius 3 is 2.53 bits per heavy atom. The number of piperazine rings is 1. The summed E-state index contributed by atoms with van der Waals surface area (Å²) in [6.07, 6.45) is 4.04. The van der Waals surface area contributed by atoms with Crippen molar-refractivity contribution in [2.24, 2.45) is 0 Å². The van der Waals surface area contributed by atoms with Gasteiger partial charge in [0.2, 0.25) is 0 Å². The van der Waals surface area contributed by atoms with E-state index in [1.54, 1.807) is 0 Å². The maximum absolute atomic E-state index is 5.74. The first-order valence-corrected chi connectivity index (χ1v) is 7.24. The van der Waals surface area contributed by atoms with Crippen molar-refractivity contribution < 1.29 is 4.74 Å². The van der Waals surface area contributed by atoms with E-state index >= 15 is 0 Å². The van der Waals surface area contributed by atoms with Gasteiger partial charge in [0.1, 0.15) is 0 Å². The standard InChI is InChI=1S/C14H28N2O/c1-5-14(6-2)10-16(11(3)9-15-14)13-7-8-17-12(13)4/h11-13,15H,5-10H2,1-4H3. The van der Waals surface area contributed by atoms with Crippen LogP contribution in [0.2, 0.25) is 0 Å². The van der Waals surface area contributed by atoms with E-state index in [2.05, 4.69) is 37.9 Å². The van der Waals surface area contributed by atoms with E-state index in [4.69, 9.17) is 4.74 Å². The van der Waals surface area contributed by atoms with Crippen molar-refractivity contribution in [1.29, 1.82) is 0 Å². The first-order valence-electron chi connectivity index (χ1n) is 7.24. The molecular weight excluding hydrogens is 212 g/mol. The normalized spacial score (nSPS) is 38.5. The van der Waals surface area contributed by atoms with Crippen molar-refractivity contribution in [2.45, 2.75) is 70.7 Å². The first-order chi connectivity index (χ1) is 8.12. The molecule has 2 aliphatic rings. The average molecular weight is 240 g/mol. The van der Waals surface area contributed by atoms with Crippen LogP contribution in [0.4, 0.5) is 0 Å². The largest absolute Gasteiger partial charge is 0.377 e. The molecule has 0 aromatic carbocycles. The molecule has 0 radical (unpaired) electrons. The molecule has 2 heterocycles. The number of hydrogen-bond acceptors (Lipinski definition) is 3. The van der Waals surface area contributed by atoms with Crippen molar-refractivity contribution in [3.63, 3.8) is 0 Å². The molecule has 2 aliphatic heterocycles. The van der Waals surface area contributed by atoms with Gasteiger partial charge in [-0.3, -0.25) is 4.90 Å². The van der Waals surface area contributed by atoms with E-state index in [9.17, 15) is 0 Å². The van der Waals surface area contributed by atoms with E-state index in [1.165, 1.54) is 25.8 Å². The third-order valence-electron chi connectivity index (χ3n) is 4.94. The van der Waals surface area contributed by atoms with Crippen molar-refractivity contribution in [3.8, 4) is 0 Å². The molecule has 100 valence electrons. The van der Waals surface area contributed by atoms with Crippen LogP contribution in [0.25, 0.3) is 0 Å². The minimum atomic E-state index is 0.328. The molecule has 0 spiro atoms. The molecule has 2 saturated heterocycles. The molecule has 17 heavy (non-hydrogen) atoms. The van der Waals surface area contributed by atoms with Gasteiger partial charge in [0.05, 0.1) is 6.10 Å². The molecule has 0 aromatic rings. The Hall–Kier alpha value is -0.120. The molecule has 1 N–H and O–H groups in total. The van der Waals surface area contributed by atoms with Crippen molar-refractivity contribution in [2.75, 3.05) is 19.7 Å². The highest BCUT2D eigenvalue weighted by Gasteiger charge is 2.41. The predicted molar refractivity (Wildman–Crippen MR) is 71.3 cm³/mol. The van der Waals surface area contributed by atoms with Gasteiger partial charge >= 0.3 is 0 Å². The zero-order chi connectivity index (χ0) is 12.5. The lowest BCUT2D eigenvalue weighted by molar-refractivity contribution is 0.0110. The molecule has 0 aliphatic carbocycles. The van der Waals surface area contributed by atoms with Gasteiger partial charge in [-0.15, -0.1) is 0 Å². The van der Waals surface area contributed by atoms with Crippen LogP contribution in [0.15, 0.2) is 0 Å². The lowest BCUT2D eigenvalue weighted by Crippen LogP contribution is -2.65. The molecule has 3 unspecified atom stereocenters. The second-order valence-electron chi connectivity index (χ2n) is 5.82. The molecule has 3 heteroatoms. The maximum Gasteiger partial charge on any atom is 0.0703 e. The second kappa shape index (κ2) is 5.25. The fourth-order valence-corrected chi connectivity index (χ4v) is 3.37. The molecule has 2 fully saturated rings. The van der Waals surface area contributed by atoms with Crippen LogP contribution < -0.4 is 5.32 Å². The molecule has 2 rings (SSSR count). The Morgan fingerprint density at radius 1 is 1.29 bits per heavy atom. The van der Waals surface area contributed by atoms with Crippen LogP contribution in [0.1, 0.15) is 47.0 Å². The minimum absolute atomic E-state index is 0.328. The molecule has 3 atom stereocenters. The fraction of sp³-hybridized carbons (Fsp3) is 1.00. The summed E-state index contributed by atoms with van der Waals surface area (Å²) in [5.41, 5.74) is 0.328. The van der Waals surface area contributed by atoms with Crippen molar-refractivity contribution in [3.05, 3.63) is 0 Å². The van der Waals surface area contributed by atoms with Gasteiger partial charge in [-0.05, 0) is 33.1 Å². The quantitative estimate of drug-likeness (QED) is 0.817. The zero-order valence-corrected chi connectivity index (χ0v) is 11.8. The van der Waals surface area contributed by atoms with Gasteiger partial charge in [0.15, 0.2) is 0 Å². The minimum Gasteiger partial charge on any atom is -0.377 e. The number of ether oxygens (including phenoxy) is 1. The summed E-state index contributed by atoms with van der Waals surface area (Å²) in [5.74, 6) is 0. The highest BCUT2D eigenvalue weighted by atomic mass is 16.5. The Morgan fingerprint density at radius 2 is 2.00 bits per heavy atom. The molecule has 0 aromatic heterocycles. The Bertz CT molecular complexity index is 253. The summed E-state index contributed by atoms with van der Waals surface area (Å²) in [6, 6.07) is 1.26. The Kier molecular flexibility index (Phi) is 4.11. The summed E-state index contributed by atoms with van der Waals surface area (Å²) >= 11 is 0. The van der Waals surface area contributed by atoms with Gasteiger partial charge in [-0.1, -0.05) is 13.8 Å². The van der Waals surface area contributed by atoms with E-state index in [1.807, 2.05) is 0 Å². The highest BCUT2D eigenvalue weighted by Crippen LogP contribution is 2.29. The summed E-state index contributed by atoms with van der Waals surface area (Å²) in [4.78, 5) is 2.70. The average Bonchev–Trinajstić information content (AvgIpc) is 2.77. The van der Waals surface area contributed by atoms with E-state index in [-0.39, 0.29) is 0 Å². The van der Waals surface area contributed by atoms with Crippen LogP contribution in [-0.4, -0.2) is 48.3 Å². The third kappa shape index (κ3) is 2.51. The van der Waals surface area contributed by atoms with Gasteiger partial charge in [-0.2, -0.15) is 0 Å². The Labute approximate surface area is 106 Å². The van der Waals surface area contributed by atoms with Gasteiger partial charge < -0.3 is 10.1 Å². The smallest absolute Gasteiger partial charge is 0.0703 e. The molecular formula is C14H28N2O. The lowest BCUT2D eigenvalue weighted by atomic mass is 9.87. The Balaban J connectivity index is 2.09. The number of nitrogens with one attached hydrogen (secondary N) is 1. The second-order valence-corrected chi connectivity index (χ2v) is 5.82. The van der Waals surface area contributed by atoms with E-state index in [0.29, 0.717) is 23.7 Å². The van der Waals surface area contributed by atoms with Crippen LogP contribution in [-0.2, 0) is 4.74 Å². The SMILES string of the molecule is CCC1(CC)CN(C2CCOC2C)C(C)CN1. The van der Waals surface area contributed by atoms with Crippen molar-refractivity contribution >= 4 is 0 Å². The summed E-state index contributed by atoms with van der Waals surface area (Å²) in [6.45, 7) is 12.4. The topological polar surface area (TPSA) is 24.5 Å². The third-order valence-corrected chi connectivity index (χ3v) is 4.94. The summed E-state index contributed by atoms with van der Waals surface area (Å²) in [7, 11) is 0. The van der Waals surface area contributed by atoms with Gasteiger partial charge in [-0.25, -0.2) is 0 Å². The molecule has 0 bridgehead atoms. The monoisotopic (exact) mass is 240 g/mol. The van der Waals surface area contributed by atoms with Gasteiger partial charge in [0, 0.05) is 37.3 Å². The van der Waals surface area contributed by atoms with Crippen LogP contribution in [0.5, 0.6) is 0 Å². The van der Waals surface area contributed by atoms with Crippen LogP contribution in [0.3, 0.4) is 0 Å². The number of hydrogen-bond donors (Lipinski definition) is 1. The number of rotatable bonds is 3. The zero-order valence-electron chi connectivity index (χ0n) is 11.8. The van der Waals surface area contributed by atoms with Crippen molar-refractivity contribution in [1.82, 2.24) is 10.2 Å². The maximum atomic E-state index is 5.74. The lowest BCUT2D eigenvalue weighted by Gasteiger charge is -2.49. The number of nitrogens with zero attached hydrogens (tertiary/aromatic N) is 1. The highest BCUT2D eigenvalue weighted by molar-refractivity contribution is 4.99. The summed E-state index contributed by atoms with van der Waals surface area (Å²) < 4.78 is 5.74. The predicted octanol–water partition coefficient (Wildman–Crippen LogP) is 2.02. The van der Waals surface area contributed by atoms with Gasteiger partial charge in [0.25, 0.3) is 0 Å². The van der Waals surface area contributed by atoms with Crippen LogP contribution in [0, 0.1) is 0 Å². The fourth-order valence-electron chi connectivity index (χ4n) is 3.37. The van der Waals surface area contributed by atoms with Crippen LogP contribution >= 0.6 is 0 Å². The van der Waals surface area contributed by atoms with E-state index < -0.39 is 0 Å². The molecule has 0 amide bonds. The molecule has 0 saturated carbocycles. The first kappa shape index (κ1) is 13.3.